The van der Waals surface area contributed by atoms with Gasteiger partial charge in [0, 0.05) is 0 Å². The minimum Gasteiger partial charge on any atom is -0.504 e. The summed E-state index contributed by atoms with van der Waals surface area (Å²) >= 11 is 0. The first-order chi connectivity index (χ1) is 8.19. The van der Waals surface area contributed by atoms with Crippen molar-refractivity contribution in [3.05, 3.63) is 18.2 Å². The maximum Gasteiger partial charge on any atom is 0.200 e. The summed E-state index contributed by atoms with van der Waals surface area (Å²) < 4.78 is 5.76. The summed E-state index contributed by atoms with van der Waals surface area (Å²) in [6, 6.07) is 4.81. The molecule has 1 unspecified atom stereocenters. The van der Waals surface area contributed by atoms with Gasteiger partial charge in [-0.2, -0.15) is 0 Å². The van der Waals surface area contributed by atoms with E-state index in [2.05, 4.69) is 13.8 Å². The molecule has 3 nitrogen and oxygen atoms in total. The van der Waals surface area contributed by atoms with Gasteiger partial charge in [-0.1, -0.05) is 39.2 Å². The molecule has 0 aliphatic heterocycles. The van der Waals surface area contributed by atoms with Gasteiger partial charge in [0.25, 0.3) is 0 Å². The van der Waals surface area contributed by atoms with Crippen LogP contribution in [0.5, 0.6) is 17.2 Å². The lowest BCUT2D eigenvalue weighted by Crippen LogP contribution is -2.16. The molecule has 0 amide bonds. The number of benzene rings is 1. The van der Waals surface area contributed by atoms with Crippen LogP contribution in [0.3, 0.4) is 0 Å². The highest BCUT2D eigenvalue weighted by molar-refractivity contribution is 5.48. The van der Waals surface area contributed by atoms with Crippen LogP contribution in [0.4, 0.5) is 0 Å². The summed E-state index contributed by atoms with van der Waals surface area (Å²) in [5.41, 5.74) is 0. The van der Waals surface area contributed by atoms with Gasteiger partial charge < -0.3 is 14.9 Å². The van der Waals surface area contributed by atoms with Crippen LogP contribution >= 0.6 is 0 Å². The molecule has 1 aromatic carbocycles. The largest absolute Gasteiger partial charge is 0.504 e. The van der Waals surface area contributed by atoms with Gasteiger partial charge in [-0.25, -0.2) is 0 Å². The highest BCUT2D eigenvalue weighted by Gasteiger charge is 2.13. The van der Waals surface area contributed by atoms with Crippen molar-refractivity contribution < 1.29 is 14.9 Å². The molecule has 1 rings (SSSR count). The van der Waals surface area contributed by atoms with Crippen LogP contribution in [-0.2, 0) is 0 Å². The van der Waals surface area contributed by atoms with Crippen molar-refractivity contribution in [2.75, 3.05) is 0 Å². The summed E-state index contributed by atoms with van der Waals surface area (Å²) in [6.07, 6.45) is 5.37. The molecule has 0 fully saturated rings. The average molecular weight is 238 g/mol. The Kier molecular flexibility index (Phi) is 5.67. The van der Waals surface area contributed by atoms with Crippen molar-refractivity contribution in [2.24, 2.45) is 0 Å². The zero-order chi connectivity index (χ0) is 12.7. The summed E-state index contributed by atoms with van der Waals surface area (Å²) in [5, 5.41) is 19.1. The molecule has 0 aliphatic rings. The number of phenolic OH excluding ortho intramolecular Hbond substituents is 2. The Morgan fingerprint density at radius 1 is 1.12 bits per heavy atom. The lowest BCUT2D eigenvalue weighted by atomic mass is 10.1. The molecule has 0 aliphatic carbocycles. The predicted molar refractivity (Wildman–Crippen MR) is 68.6 cm³/mol. The highest BCUT2D eigenvalue weighted by atomic mass is 16.5. The summed E-state index contributed by atoms with van der Waals surface area (Å²) in [4.78, 5) is 0. The van der Waals surface area contributed by atoms with E-state index in [9.17, 15) is 10.2 Å². The minimum absolute atomic E-state index is 0.118. The van der Waals surface area contributed by atoms with Crippen molar-refractivity contribution in [1.82, 2.24) is 0 Å². The first-order valence-electron chi connectivity index (χ1n) is 6.36. The van der Waals surface area contributed by atoms with E-state index in [1.54, 1.807) is 12.1 Å². The zero-order valence-corrected chi connectivity index (χ0v) is 10.6. The number of aromatic hydroxyl groups is 2. The van der Waals surface area contributed by atoms with Gasteiger partial charge in [0.15, 0.2) is 11.5 Å². The van der Waals surface area contributed by atoms with Gasteiger partial charge in [-0.05, 0) is 25.0 Å². The molecule has 0 spiro atoms. The van der Waals surface area contributed by atoms with Crippen molar-refractivity contribution in [3.8, 4) is 17.2 Å². The molecule has 0 heterocycles. The van der Waals surface area contributed by atoms with Crippen LogP contribution in [0.15, 0.2) is 18.2 Å². The molecule has 0 bridgehead atoms. The fraction of sp³-hybridized carbons (Fsp3) is 0.571. The molecule has 1 aromatic rings. The van der Waals surface area contributed by atoms with E-state index in [1.165, 1.54) is 6.07 Å². The fourth-order valence-electron chi connectivity index (χ4n) is 1.80. The van der Waals surface area contributed by atoms with E-state index in [0.29, 0.717) is 5.75 Å². The van der Waals surface area contributed by atoms with Crippen LogP contribution < -0.4 is 4.74 Å². The SMILES string of the molecule is CCCCC(CCC)Oc1cccc(O)c1O. The number of hydrogen-bond acceptors (Lipinski definition) is 3. The predicted octanol–water partition coefficient (Wildman–Crippen LogP) is 3.84. The lowest BCUT2D eigenvalue weighted by molar-refractivity contribution is 0.169. The van der Waals surface area contributed by atoms with E-state index < -0.39 is 0 Å². The minimum atomic E-state index is -0.162. The highest BCUT2D eigenvalue weighted by Crippen LogP contribution is 2.35. The number of para-hydroxylation sites is 1. The Balaban J connectivity index is 2.67. The Morgan fingerprint density at radius 3 is 2.53 bits per heavy atom. The maximum atomic E-state index is 9.67. The Labute approximate surface area is 103 Å². The monoisotopic (exact) mass is 238 g/mol. The molecule has 0 radical (unpaired) electrons. The van der Waals surface area contributed by atoms with E-state index in [4.69, 9.17) is 4.74 Å². The maximum absolute atomic E-state index is 9.67. The normalized spacial score (nSPS) is 12.4. The smallest absolute Gasteiger partial charge is 0.200 e. The van der Waals surface area contributed by atoms with Crippen LogP contribution in [0, 0.1) is 0 Å². The quantitative estimate of drug-likeness (QED) is 0.710. The second kappa shape index (κ2) is 7.05. The number of rotatable bonds is 7. The van der Waals surface area contributed by atoms with Gasteiger partial charge in [0.2, 0.25) is 5.75 Å². The van der Waals surface area contributed by atoms with Crippen LogP contribution in [0.2, 0.25) is 0 Å². The van der Waals surface area contributed by atoms with E-state index in [-0.39, 0.29) is 17.6 Å². The second-order valence-corrected chi connectivity index (χ2v) is 4.29. The van der Waals surface area contributed by atoms with Gasteiger partial charge in [-0.15, -0.1) is 0 Å². The number of hydrogen-bond donors (Lipinski definition) is 2. The van der Waals surface area contributed by atoms with E-state index in [0.717, 1.165) is 32.1 Å². The molecule has 0 aromatic heterocycles. The molecule has 17 heavy (non-hydrogen) atoms. The van der Waals surface area contributed by atoms with Crippen molar-refractivity contribution >= 4 is 0 Å². The number of phenols is 2. The third-order valence-corrected chi connectivity index (χ3v) is 2.76. The first kappa shape index (κ1) is 13.7. The number of unbranched alkanes of at least 4 members (excludes halogenated alkanes) is 1. The third kappa shape index (κ3) is 4.17. The Bertz CT molecular complexity index is 336. The van der Waals surface area contributed by atoms with Gasteiger partial charge in [-0.3, -0.25) is 0 Å². The topological polar surface area (TPSA) is 49.7 Å². The average Bonchev–Trinajstić information content (AvgIpc) is 2.32. The van der Waals surface area contributed by atoms with E-state index in [1.807, 2.05) is 0 Å². The lowest BCUT2D eigenvalue weighted by Gasteiger charge is -2.19. The summed E-state index contributed by atoms with van der Waals surface area (Å²) in [6.45, 7) is 4.26. The molecular formula is C14H22O3. The van der Waals surface area contributed by atoms with Gasteiger partial charge >= 0.3 is 0 Å². The van der Waals surface area contributed by atoms with E-state index >= 15 is 0 Å². The van der Waals surface area contributed by atoms with Gasteiger partial charge in [0.1, 0.15) is 0 Å². The zero-order valence-electron chi connectivity index (χ0n) is 10.6. The van der Waals surface area contributed by atoms with Crippen LogP contribution in [-0.4, -0.2) is 16.3 Å². The molecule has 0 saturated carbocycles. The molecule has 1 atom stereocenters. The summed E-state index contributed by atoms with van der Waals surface area (Å²) in [5.74, 6) is 0.0814. The molecular weight excluding hydrogens is 216 g/mol. The Hall–Kier alpha value is -1.38. The number of ether oxygens (including phenoxy) is 1. The molecule has 0 saturated heterocycles. The summed E-state index contributed by atoms with van der Waals surface area (Å²) in [7, 11) is 0. The first-order valence-corrected chi connectivity index (χ1v) is 6.36. The molecule has 3 heteroatoms. The van der Waals surface area contributed by atoms with Crippen molar-refractivity contribution in [3.63, 3.8) is 0 Å². The van der Waals surface area contributed by atoms with Crippen molar-refractivity contribution in [1.29, 1.82) is 0 Å². The fourth-order valence-corrected chi connectivity index (χ4v) is 1.80. The Morgan fingerprint density at radius 2 is 1.88 bits per heavy atom. The van der Waals surface area contributed by atoms with Gasteiger partial charge in [0.05, 0.1) is 6.10 Å². The van der Waals surface area contributed by atoms with Crippen LogP contribution in [0.25, 0.3) is 0 Å². The standard InChI is InChI=1S/C14H22O3/c1-3-5-8-11(7-4-2)17-13-10-6-9-12(15)14(13)16/h6,9-11,15-16H,3-5,7-8H2,1-2H3. The van der Waals surface area contributed by atoms with Crippen LogP contribution in [0.1, 0.15) is 46.0 Å². The van der Waals surface area contributed by atoms with Crippen molar-refractivity contribution in [2.45, 2.75) is 52.1 Å². The molecule has 96 valence electrons. The third-order valence-electron chi connectivity index (χ3n) is 2.76. The second-order valence-electron chi connectivity index (χ2n) is 4.29. The molecule has 2 N–H and O–H groups in total.